The van der Waals surface area contributed by atoms with Gasteiger partial charge in [0.05, 0.1) is 5.60 Å². The van der Waals surface area contributed by atoms with E-state index in [2.05, 4.69) is 20.4 Å². The number of hydrogen-bond acceptors (Lipinski definition) is 1. The summed E-state index contributed by atoms with van der Waals surface area (Å²) in [6.07, 6.45) is 14.0. The molecule has 0 heterocycles. The third-order valence-corrected chi connectivity index (χ3v) is 10.9. The summed E-state index contributed by atoms with van der Waals surface area (Å²) in [6.45, 7) is 9.28. The van der Waals surface area contributed by atoms with E-state index in [0.717, 1.165) is 47.8 Å². The van der Waals surface area contributed by atoms with Gasteiger partial charge in [-0.1, -0.05) is 19.1 Å². The molecule has 2 unspecified atom stereocenters. The summed E-state index contributed by atoms with van der Waals surface area (Å²) >= 11 is 0. The Labute approximate surface area is 160 Å². The van der Waals surface area contributed by atoms with Crippen molar-refractivity contribution in [2.24, 2.45) is 58.7 Å². The van der Waals surface area contributed by atoms with Crippen molar-refractivity contribution < 1.29 is 5.11 Å². The van der Waals surface area contributed by atoms with Crippen molar-refractivity contribution in [1.29, 1.82) is 0 Å². The molecule has 10 atom stereocenters. The van der Waals surface area contributed by atoms with E-state index in [1.165, 1.54) is 63.4 Å². The normalized spacial score (nSPS) is 60.4. The van der Waals surface area contributed by atoms with Crippen LogP contribution in [0, 0.1) is 58.7 Å². The Morgan fingerprint density at radius 1 is 0.808 bits per heavy atom. The van der Waals surface area contributed by atoms with Crippen molar-refractivity contribution in [2.45, 2.75) is 83.7 Å². The fourth-order valence-corrected chi connectivity index (χ4v) is 9.87. The van der Waals surface area contributed by atoms with Crippen LogP contribution >= 0.6 is 0 Å². The quantitative estimate of drug-likeness (QED) is 0.619. The minimum Gasteiger partial charge on any atom is -0.389 e. The maximum Gasteiger partial charge on any atom is 0.0716 e. The van der Waals surface area contributed by atoms with Crippen LogP contribution in [-0.4, -0.2) is 10.7 Å². The van der Waals surface area contributed by atoms with Crippen molar-refractivity contribution in [3.63, 3.8) is 0 Å². The summed E-state index contributed by atoms with van der Waals surface area (Å²) in [7, 11) is 0. The predicted octanol–water partition coefficient (Wildman–Crippen LogP) is 5.83. The van der Waals surface area contributed by atoms with E-state index in [0.29, 0.717) is 17.3 Å². The molecule has 6 aliphatic carbocycles. The second-order valence-corrected chi connectivity index (χ2v) is 11.8. The minimum atomic E-state index is -0.212. The van der Waals surface area contributed by atoms with Crippen molar-refractivity contribution in [2.75, 3.05) is 0 Å². The lowest BCUT2D eigenvalue weighted by Gasteiger charge is -2.56. The number of hydrogen-bond donors (Lipinski definition) is 1. The summed E-state index contributed by atoms with van der Waals surface area (Å²) in [6, 6.07) is 0. The summed E-state index contributed by atoms with van der Waals surface area (Å²) in [5.74, 6) is 7.87. The Kier molecular flexibility index (Phi) is 3.32. The number of rotatable bonds is 2. The van der Waals surface area contributed by atoms with Crippen LogP contribution in [0.1, 0.15) is 78.1 Å². The molecule has 1 heteroatoms. The van der Waals surface area contributed by atoms with E-state index in [4.69, 9.17) is 0 Å². The van der Waals surface area contributed by atoms with Crippen molar-refractivity contribution >= 4 is 0 Å². The summed E-state index contributed by atoms with van der Waals surface area (Å²) in [5.41, 5.74) is 1.79. The Hall–Kier alpha value is -0.300. The topological polar surface area (TPSA) is 20.2 Å². The molecule has 0 aromatic heterocycles. The molecular weight excluding hydrogens is 316 g/mol. The van der Waals surface area contributed by atoms with E-state index in [1.54, 1.807) is 0 Å². The summed E-state index contributed by atoms with van der Waals surface area (Å²) in [5, 5.41) is 11.2. The highest BCUT2D eigenvalue weighted by molar-refractivity contribution is 5.23. The molecule has 1 nitrogen and oxygen atoms in total. The largest absolute Gasteiger partial charge is 0.389 e. The molecule has 0 aromatic carbocycles. The zero-order valence-corrected chi connectivity index (χ0v) is 16.9. The molecule has 0 aliphatic heterocycles. The van der Waals surface area contributed by atoms with E-state index < -0.39 is 0 Å². The number of aliphatic hydroxyl groups is 1. The molecule has 6 aliphatic rings. The first-order valence-electron chi connectivity index (χ1n) is 11.8. The van der Waals surface area contributed by atoms with E-state index in [1.807, 2.05) is 0 Å². The third kappa shape index (κ3) is 1.97. The van der Waals surface area contributed by atoms with Gasteiger partial charge >= 0.3 is 0 Å². The van der Waals surface area contributed by atoms with Crippen LogP contribution in [0.15, 0.2) is 12.2 Å². The summed E-state index contributed by atoms with van der Waals surface area (Å²) < 4.78 is 0. The van der Waals surface area contributed by atoms with Gasteiger partial charge < -0.3 is 5.11 Å². The molecule has 1 N–H and O–H groups in total. The monoisotopic (exact) mass is 354 g/mol. The van der Waals surface area contributed by atoms with Gasteiger partial charge in [0.2, 0.25) is 0 Å². The fourth-order valence-electron chi connectivity index (χ4n) is 9.87. The van der Waals surface area contributed by atoms with Crippen molar-refractivity contribution in [3.05, 3.63) is 12.2 Å². The maximum atomic E-state index is 11.2. The molecule has 6 saturated carbocycles. The molecule has 0 saturated heterocycles. The lowest BCUT2D eigenvalue weighted by molar-refractivity contribution is -0.0765. The highest BCUT2D eigenvalue weighted by Gasteiger charge is 2.73. The fraction of sp³-hybridized carbons (Fsp3) is 0.920. The highest BCUT2D eigenvalue weighted by Crippen LogP contribution is 2.74. The molecule has 0 aromatic rings. The standard InChI is InChI=1S/C25H38O/c1-14(2)20-8-9-21-18-6-7-19-17(16(18)10-12-24(20,21)3)11-13-25(26)22(23(19)25)15-4-5-15/h15-23,26H,1,4-13H2,2-3H3/t16-,17-,18-,19+,20-,21+,22?,23?,24-,25+/m1/s1. The average molecular weight is 355 g/mol. The first-order valence-corrected chi connectivity index (χ1v) is 11.8. The van der Waals surface area contributed by atoms with Gasteiger partial charge in [-0.3, -0.25) is 0 Å². The smallest absolute Gasteiger partial charge is 0.0716 e. The predicted molar refractivity (Wildman–Crippen MR) is 105 cm³/mol. The molecule has 0 spiro atoms. The van der Waals surface area contributed by atoms with Gasteiger partial charge in [0.15, 0.2) is 0 Å². The first-order chi connectivity index (χ1) is 12.4. The van der Waals surface area contributed by atoms with Gasteiger partial charge in [0.25, 0.3) is 0 Å². The second-order valence-electron chi connectivity index (χ2n) is 11.8. The van der Waals surface area contributed by atoms with Crippen LogP contribution in [0.25, 0.3) is 0 Å². The number of fused-ring (bicyclic) bond motifs is 7. The van der Waals surface area contributed by atoms with Crippen LogP contribution < -0.4 is 0 Å². The van der Waals surface area contributed by atoms with Gasteiger partial charge in [-0.15, -0.1) is 0 Å². The van der Waals surface area contributed by atoms with Crippen LogP contribution in [0.2, 0.25) is 0 Å². The first kappa shape index (κ1) is 16.6. The van der Waals surface area contributed by atoms with Crippen LogP contribution in [-0.2, 0) is 0 Å². The molecule has 6 fully saturated rings. The van der Waals surface area contributed by atoms with E-state index in [9.17, 15) is 5.11 Å². The second kappa shape index (κ2) is 5.19. The van der Waals surface area contributed by atoms with Crippen molar-refractivity contribution in [3.8, 4) is 0 Å². The van der Waals surface area contributed by atoms with Gasteiger partial charge in [-0.2, -0.15) is 0 Å². The SMILES string of the molecule is C=C(C)[C@H]1CC[C@H]2[C@@H]3CC[C@@H]4C5C(C6CC6)[C@@]5(O)CC[C@@H]4[C@H]3CC[C@]12C. The Morgan fingerprint density at radius 2 is 1.50 bits per heavy atom. The van der Waals surface area contributed by atoms with Crippen molar-refractivity contribution in [1.82, 2.24) is 0 Å². The van der Waals surface area contributed by atoms with Gasteiger partial charge in [0, 0.05) is 0 Å². The molecule has 0 radical (unpaired) electrons. The molecule has 0 bridgehead atoms. The molecule has 0 amide bonds. The zero-order chi connectivity index (χ0) is 17.8. The lowest BCUT2D eigenvalue weighted by Crippen LogP contribution is -2.49. The zero-order valence-electron chi connectivity index (χ0n) is 16.9. The van der Waals surface area contributed by atoms with E-state index in [-0.39, 0.29) is 5.60 Å². The summed E-state index contributed by atoms with van der Waals surface area (Å²) in [4.78, 5) is 0. The maximum absolute atomic E-state index is 11.2. The van der Waals surface area contributed by atoms with Crippen LogP contribution in [0.5, 0.6) is 0 Å². The van der Waals surface area contributed by atoms with Crippen LogP contribution in [0.4, 0.5) is 0 Å². The number of allylic oxidation sites excluding steroid dienone is 1. The van der Waals surface area contributed by atoms with E-state index >= 15 is 0 Å². The Balaban J connectivity index is 1.25. The molecule has 144 valence electrons. The molecule has 26 heavy (non-hydrogen) atoms. The Bertz CT molecular complexity index is 634. The van der Waals surface area contributed by atoms with Gasteiger partial charge in [-0.05, 0) is 130 Å². The lowest BCUT2D eigenvalue weighted by atomic mass is 9.49. The van der Waals surface area contributed by atoms with Gasteiger partial charge in [0.1, 0.15) is 0 Å². The minimum absolute atomic E-state index is 0.212. The Morgan fingerprint density at radius 3 is 2.23 bits per heavy atom. The molecule has 6 rings (SSSR count). The molecular formula is C25H38O. The average Bonchev–Trinajstić information content (AvgIpc) is 3.48. The highest BCUT2D eigenvalue weighted by atomic mass is 16.3. The third-order valence-electron chi connectivity index (χ3n) is 10.9. The van der Waals surface area contributed by atoms with Gasteiger partial charge in [-0.25, -0.2) is 0 Å². The van der Waals surface area contributed by atoms with Crippen LogP contribution in [0.3, 0.4) is 0 Å².